The van der Waals surface area contributed by atoms with Crippen LogP contribution in [0, 0.1) is 0 Å². The van der Waals surface area contributed by atoms with Gasteiger partial charge in [-0.05, 0) is 5.56 Å². The van der Waals surface area contributed by atoms with Crippen molar-refractivity contribution in [2.75, 3.05) is 0 Å². The highest BCUT2D eigenvalue weighted by Gasteiger charge is 2.26. The number of rotatable bonds is 4. The third-order valence-corrected chi connectivity index (χ3v) is 2.98. The molecule has 0 aliphatic carbocycles. The highest BCUT2D eigenvalue weighted by atomic mass is 16.5. The van der Waals surface area contributed by atoms with Crippen molar-refractivity contribution >= 4 is 23.7 Å². The van der Waals surface area contributed by atoms with Crippen LogP contribution in [-0.2, 0) is 25.6 Å². The first-order valence-electron chi connectivity index (χ1n) is 6.89. The number of hydrogen-bond donors (Lipinski definition) is 3. The summed E-state index contributed by atoms with van der Waals surface area (Å²) in [6.45, 7) is 1.31. The molecular formula is C15H18N2O6. The quantitative estimate of drug-likeness (QED) is 0.542. The van der Waals surface area contributed by atoms with E-state index >= 15 is 0 Å². The molecule has 1 saturated heterocycles. The predicted octanol–water partition coefficient (Wildman–Crippen LogP) is 0.343. The van der Waals surface area contributed by atoms with Crippen LogP contribution < -0.4 is 5.32 Å². The van der Waals surface area contributed by atoms with E-state index in [1.807, 2.05) is 30.3 Å². The molecule has 3 amide bonds. The second kappa shape index (κ2) is 8.64. The number of aliphatic carboxylic acids is 1. The molecule has 0 aromatic heterocycles. The lowest BCUT2D eigenvalue weighted by Gasteiger charge is -2.12. The van der Waals surface area contributed by atoms with Gasteiger partial charge in [-0.15, -0.1) is 0 Å². The van der Waals surface area contributed by atoms with Crippen molar-refractivity contribution in [3.63, 3.8) is 0 Å². The van der Waals surface area contributed by atoms with Gasteiger partial charge in [0.2, 0.25) is 5.91 Å². The monoisotopic (exact) mass is 322 g/mol. The Labute approximate surface area is 132 Å². The van der Waals surface area contributed by atoms with Gasteiger partial charge in [0, 0.05) is 26.2 Å². The van der Waals surface area contributed by atoms with Gasteiger partial charge in [0.1, 0.15) is 6.04 Å². The fraction of sp³-hybridized carbons (Fsp3) is 0.333. The van der Waals surface area contributed by atoms with E-state index in [4.69, 9.17) is 10.3 Å². The first kappa shape index (κ1) is 18.3. The van der Waals surface area contributed by atoms with Crippen LogP contribution in [0.5, 0.6) is 0 Å². The summed E-state index contributed by atoms with van der Waals surface area (Å²) in [7, 11) is 0. The molecule has 0 bridgehead atoms. The van der Waals surface area contributed by atoms with Crippen molar-refractivity contribution in [3.05, 3.63) is 35.9 Å². The number of carbonyl (C=O) groups excluding carboxylic acids is 3. The molecular weight excluding hydrogens is 304 g/mol. The Morgan fingerprint density at radius 2 is 1.70 bits per heavy atom. The molecule has 0 spiro atoms. The lowest BCUT2D eigenvalue weighted by atomic mass is 10.1. The number of nitrogens with zero attached hydrogens (tertiary/aromatic N) is 1. The minimum atomic E-state index is -1.02. The lowest BCUT2D eigenvalue weighted by molar-refractivity contribution is -0.171. The summed E-state index contributed by atoms with van der Waals surface area (Å²) in [5.74, 6) is -2.36. The van der Waals surface area contributed by atoms with Crippen LogP contribution in [0.1, 0.15) is 25.3 Å². The summed E-state index contributed by atoms with van der Waals surface area (Å²) < 4.78 is 0. The molecule has 23 heavy (non-hydrogen) atoms. The van der Waals surface area contributed by atoms with Crippen molar-refractivity contribution < 1.29 is 29.5 Å². The molecule has 1 aliphatic rings. The van der Waals surface area contributed by atoms with Crippen LogP contribution >= 0.6 is 0 Å². The normalized spacial score (nSPS) is 14.8. The zero-order valence-corrected chi connectivity index (χ0v) is 12.6. The van der Waals surface area contributed by atoms with Crippen molar-refractivity contribution in [2.45, 2.75) is 32.2 Å². The number of amides is 3. The maximum atomic E-state index is 10.8. The molecule has 1 aromatic carbocycles. The van der Waals surface area contributed by atoms with Crippen LogP contribution in [0.15, 0.2) is 30.3 Å². The van der Waals surface area contributed by atoms with E-state index in [9.17, 15) is 19.2 Å². The maximum absolute atomic E-state index is 10.8. The van der Waals surface area contributed by atoms with E-state index in [0.717, 1.165) is 5.56 Å². The summed E-state index contributed by atoms with van der Waals surface area (Å²) in [4.78, 5) is 42.1. The van der Waals surface area contributed by atoms with Crippen molar-refractivity contribution in [1.82, 2.24) is 10.4 Å². The molecule has 1 aromatic rings. The van der Waals surface area contributed by atoms with Gasteiger partial charge in [-0.1, -0.05) is 30.3 Å². The van der Waals surface area contributed by atoms with E-state index in [1.54, 1.807) is 0 Å². The average Bonchev–Trinajstić information content (AvgIpc) is 2.79. The van der Waals surface area contributed by atoms with Gasteiger partial charge in [-0.25, -0.2) is 4.79 Å². The van der Waals surface area contributed by atoms with E-state index in [2.05, 4.69) is 5.32 Å². The Morgan fingerprint density at radius 3 is 2.04 bits per heavy atom. The Hall–Kier alpha value is -2.74. The molecule has 1 aliphatic heterocycles. The molecule has 8 nitrogen and oxygen atoms in total. The summed E-state index contributed by atoms with van der Waals surface area (Å²) in [5.41, 5.74) is 0.888. The van der Waals surface area contributed by atoms with Gasteiger partial charge in [0.15, 0.2) is 0 Å². The van der Waals surface area contributed by atoms with E-state index < -0.39 is 23.8 Å². The topological polar surface area (TPSA) is 124 Å². The number of carbonyl (C=O) groups is 4. The van der Waals surface area contributed by atoms with E-state index in [1.165, 1.54) is 6.92 Å². The molecule has 2 rings (SSSR count). The minimum Gasteiger partial charge on any atom is -0.480 e. The van der Waals surface area contributed by atoms with E-state index in [-0.39, 0.29) is 23.8 Å². The van der Waals surface area contributed by atoms with Gasteiger partial charge in [-0.3, -0.25) is 19.6 Å². The van der Waals surface area contributed by atoms with Crippen LogP contribution in [0.4, 0.5) is 0 Å². The molecule has 1 fully saturated rings. The van der Waals surface area contributed by atoms with Gasteiger partial charge in [0.05, 0.1) is 0 Å². The minimum absolute atomic E-state index is 0.148. The van der Waals surface area contributed by atoms with Gasteiger partial charge < -0.3 is 10.4 Å². The number of hydroxylamine groups is 2. The fourth-order valence-electron chi connectivity index (χ4n) is 1.86. The first-order valence-corrected chi connectivity index (χ1v) is 6.89. The largest absolute Gasteiger partial charge is 0.480 e. The molecule has 0 saturated carbocycles. The maximum Gasteiger partial charge on any atom is 0.326 e. The molecule has 0 radical (unpaired) electrons. The summed E-state index contributed by atoms with van der Waals surface area (Å²) in [6, 6.07) is 8.34. The third kappa shape index (κ3) is 6.27. The third-order valence-electron chi connectivity index (χ3n) is 2.98. The molecule has 1 unspecified atom stereocenters. The van der Waals surface area contributed by atoms with Gasteiger partial charge in [0.25, 0.3) is 11.8 Å². The zero-order chi connectivity index (χ0) is 17.4. The SMILES string of the molecule is CC(=O)NC(Cc1ccccc1)C(=O)O.O=C1CCC(=O)N1O. The smallest absolute Gasteiger partial charge is 0.326 e. The Kier molecular flexibility index (Phi) is 6.88. The number of imide groups is 1. The Bertz CT molecular complexity index is 571. The van der Waals surface area contributed by atoms with Crippen LogP contribution in [-0.4, -0.2) is 45.1 Å². The number of hydrogen-bond acceptors (Lipinski definition) is 5. The molecule has 3 N–H and O–H groups in total. The summed E-state index contributed by atoms with van der Waals surface area (Å²) in [6.07, 6.45) is 0.598. The Balaban J connectivity index is 0.000000277. The van der Waals surface area contributed by atoms with Crippen LogP contribution in [0.25, 0.3) is 0 Å². The molecule has 1 atom stereocenters. The van der Waals surface area contributed by atoms with Crippen LogP contribution in [0.2, 0.25) is 0 Å². The summed E-state index contributed by atoms with van der Waals surface area (Å²) >= 11 is 0. The number of nitrogens with one attached hydrogen (secondary N) is 1. The van der Waals surface area contributed by atoms with E-state index in [0.29, 0.717) is 6.42 Å². The molecule has 1 heterocycles. The zero-order valence-electron chi connectivity index (χ0n) is 12.6. The second-order valence-corrected chi connectivity index (χ2v) is 4.88. The van der Waals surface area contributed by atoms with Gasteiger partial charge >= 0.3 is 5.97 Å². The lowest BCUT2D eigenvalue weighted by Crippen LogP contribution is -2.41. The second-order valence-electron chi connectivity index (χ2n) is 4.88. The number of carboxylic acid groups (broad SMARTS) is 1. The van der Waals surface area contributed by atoms with Gasteiger partial charge in [-0.2, -0.15) is 5.06 Å². The Morgan fingerprint density at radius 1 is 1.17 bits per heavy atom. The van der Waals surface area contributed by atoms with Crippen LogP contribution in [0.3, 0.4) is 0 Å². The first-order chi connectivity index (χ1) is 10.8. The van der Waals surface area contributed by atoms with Crippen molar-refractivity contribution in [3.8, 4) is 0 Å². The average molecular weight is 322 g/mol. The highest BCUT2D eigenvalue weighted by Crippen LogP contribution is 2.07. The number of benzene rings is 1. The number of carboxylic acids is 1. The highest BCUT2D eigenvalue weighted by molar-refractivity contribution is 6.00. The van der Waals surface area contributed by atoms with Crippen molar-refractivity contribution in [1.29, 1.82) is 0 Å². The molecule has 124 valence electrons. The van der Waals surface area contributed by atoms with Crippen molar-refractivity contribution in [2.24, 2.45) is 0 Å². The standard InChI is InChI=1S/C11H13NO3.C4H5NO3/c1-8(13)12-10(11(14)15)7-9-5-3-2-4-6-9;6-3-1-2-4(7)5(3)8/h2-6,10H,7H2,1H3,(H,12,13)(H,14,15);8H,1-2H2. The summed E-state index contributed by atoms with van der Waals surface area (Å²) in [5, 5.41) is 19.8. The predicted molar refractivity (Wildman–Crippen MR) is 78.3 cm³/mol. The molecule has 8 heteroatoms. The fourth-order valence-corrected chi connectivity index (χ4v) is 1.86.